The van der Waals surface area contributed by atoms with Gasteiger partial charge < -0.3 is 9.47 Å². The fourth-order valence-electron chi connectivity index (χ4n) is 4.60. The molecule has 0 aromatic heterocycles. The van der Waals surface area contributed by atoms with Gasteiger partial charge in [-0.15, -0.1) is 0 Å². The third-order valence-electron chi connectivity index (χ3n) is 6.45. The van der Waals surface area contributed by atoms with Crippen LogP contribution in [0.15, 0.2) is 54.6 Å². The van der Waals surface area contributed by atoms with Crippen molar-refractivity contribution in [3.63, 3.8) is 0 Å². The molecule has 2 fully saturated rings. The molecule has 0 spiro atoms. The second-order valence-corrected chi connectivity index (χ2v) is 10.8. The first-order valence-electron chi connectivity index (χ1n) is 11.7. The van der Waals surface area contributed by atoms with Crippen LogP contribution < -0.4 is 4.74 Å². The first-order valence-corrected chi connectivity index (χ1v) is 13.2. The van der Waals surface area contributed by atoms with Crippen molar-refractivity contribution in [3.05, 3.63) is 65.7 Å². The van der Waals surface area contributed by atoms with E-state index in [-0.39, 0.29) is 18.5 Å². The molecule has 0 saturated carbocycles. The molecule has 2 atom stereocenters. The lowest BCUT2D eigenvalue weighted by atomic mass is 9.98. The summed E-state index contributed by atoms with van der Waals surface area (Å²) in [7, 11) is -1.89. The Morgan fingerprint density at radius 3 is 2.53 bits per heavy atom. The predicted molar refractivity (Wildman–Crippen MR) is 127 cm³/mol. The van der Waals surface area contributed by atoms with E-state index in [1.54, 1.807) is 19.0 Å². The van der Waals surface area contributed by atoms with Crippen molar-refractivity contribution in [3.8, 4) is 5.75 Å². The van der Waals surface area contributed by atoms with Gasteiger partial charge in [0.15, 0.2) is 0 Å². The fraction of sp³-hybridized carbons (Fsp3) is 0.480. The van der Waals surface area contributed by atoms with Crippen molar-refractivity contribution < 1.29 is 27.5 Å². The minimum atomic E-state index is -3.65. The number of ether oxygens (including phenoxy) is 2. The molecule has 0 N–H and O–H groups in total. The summed E-state index contributed by atoms with van der Waals surface area (Å²) in [5.74, 6) is 0.185. The van der Waals surface area contributed by atoms with Crippen LogP contribution in [0.2, 0.25) is 0 Å². The van der Waals surface area contributed by atoms with Gasteiger partial charge in [0.1, 0.15) is 17.6 Å². The molecule has 8 nitrogen and oxygen atoms in total. The molecule has 9 heteroatoms. The number of sulfonamides is 1. The summed E-state index contributed by atoms with van der Waals surface area (Å²) in [4.78, 5) is 17.7. The average molecular weight is 489 g/mol. The van der Waals surface area contributed by atoms with E-state index in [9.17, 15) is 13.2 Å². The minimum absolute atomic E-state index is 0.0798. The predicted octanol–water partition coefficient (Wildman–Crippen LogP) is 3.16. The molecule has 0 unspecified atom stereocenters. The highest BCUT2D eigenvalue weighted by Crippen LogP contribution is 2.37. The van der Waals surface area contributed by atoms with Crippen molar-refractivity contribution in [2.24, 2.45) is 5.92 Å². The Labute approximate surface area is 201 Å². The van der Waals surface area contributed by atoms with Crippen LogP contribution in [0.5, 0.6) is 5.75 Å². The van der Waals surface area contributed by atoms with Crippen LogP contribution in [0.1, 0.15) is 36.9 Å². The summed E-state index contributed by atoms with van der Waals surface area (Å²) in [5.41, 5.74) is 1.88. The quantitative estimate of drug-likeness (QED) is 0.528. The van der Waals surface area contributed by atoms with E-state index in [1.807, 2.05) is 54.6 Å². The number of hydrogen-bond donors (Lipinski definition) is 0. The van der Waals surface area contributed by atoms with E-state index in [1.165, 1.54) is 4.31 Å². The Hall–Kier alpha value is -2.46. The minimum Gasteiger partial charge on any atom is -0.489 e. The maximum Gasteiger partial charge on any atom is 0.309 e. The van der Waals surface area contributed by atoms with Gasteiger partial charge in [0.05, 0.1) is 25.2 Å². The van der Waals surface area contributed by atoms with Gasteiger partial charge in [-0.3, -0.25) is 9.63 Å². The monoisotopic (exact) mass is 488 g/mol. The molecule has 0 amide bonds. The van der Waals surface area contributed by atoms with Crippen LogP contribution >= 0.6 is 0 Å². The second-order valence-electron chi connectivity index (χ2n) is 8.64. The molecule has 2 aliphatic heterocycles. The maximum atomic E-state index is 13.6. The molecule has 2 heterocycles. The van der Waals surface area contributed by atoms with Gasteiger partial charge in [-0.25, -0.2) is 12.7 Å². The molecular formula is C25H32N2O6S. The van der Waals surface area contributed by atoms with Crippen LogP contribution in [-0.2, 0) is 31.0 Å². The fourth-order valence-corrected chi connectivity index (χ4v) is 6.59. The van der Waals surface area contributed by atoms with Crippen LogP contribution in [0.25, 0.3) is 0 Å². The highest BCUT2D eigenvalue weighted by Gasteiger charge is 2.46. The van der Waals surface area contributed by atoms with E-state index in [0.717, 1.165) is 11.1 Å². The van der Waals surface area contributed by atoms with Crippen LogP contribution in [0.3, 0.4) is 0 Å². The number of piperidine rings is 1. The van der Waals surface area contributed by atoms with Crippen molar-refractivity contribution in [2.45, 2.75) is 37.7 Å². The van der Waals surface area contributed by atoms with Gasteiger partial charge in [-0.1, -0.05) is 42.5 Å². The van der Waals surface area contributed by atoms with E-state index in [4.69, 9.17) is 14.3 Å². The van der Waals surface area contributed by atoms with Gasteiger partial charge >= 0.3 is 5.97 Å². The topological polar surface area (TPSA) is 85.4 Å². The zero-order valence-electron chi connectivity index (χ0n) is 19.6. The Balaban J connectivity index is 1.46. The van der Waals surface area contributed by atoms with Crippen molar-refractivity contribution in [2.75, 3.05) is 33.4 Å². The zero-order chi connectivity index (χ0) is 24.1. The lowest BCUT2D eigenvalue weighted by Gasteiger charge is -2.33. The number of esters is 1. The van der Waals surface area contributed by atoms with Gasteiger partial charge in [-0.2, -0.15) is 5.06 Å². The van der Waals surface area contributed by atoms with E-state index < -0.39 is 21.3 Å². The maximum absolute atomic E-state index is 13.6. The number of carbonyl (C=O) groups excluding carboxylic acids is 1. The highest BCUT2D eigenvalue weighted by molar-refractivity contribution is 7.89. The normalized spacial score (nSPS) is 22.5. The number of carbonyl (C=O) groups is 1. The molecule has 184 valence electrons. The number of hydrogen-bond acceptors (Lipinski definition) is 7. The molecule has 2 aromatic carbocycles. The summed E-state index contributed by atoms with van der Waals surface area (Å²) < 4.78 is 39.7. The molecule has 34 heavy (non-hydrogen) atoms. The molecule has 0 bridgehead atoms. The van der Waals surface area contributed by atoms with Gasteiger partial charge in [0.25, 0.3) is 0 Å². The van der Waals surface area contributed by atoms with Crippen molar-refractivity contribution >= 4 is 16.0 Å². The summed E-state index contributed by atoms with van der Waals surface area (Å²) in [6, 6.07) is 16.9. The Bertz CT molecular complexity index is 1070. The molecule has 0 aliphatic carbocycles. The summed E-state index contributed by atoms with van der Waals surface area (Å²) in [6.07, 6.45) is 0.934. The van der Waals surface area contributed by atoms with E-state index >= 15 is 0 Å². The SMILES string of the molecule is CCOC(=O)C1CCN(S(=O)(=O)[C@@H]2CON(C)[C@@H]2c2cccc(OCc3ccccc3)c2)CC1. The largest absolute Gasteiger partial charge is 0.489 e. The third kappa shape index (κ3) is 5.43. The average Bonchev–Trinajstić information content (AvgIpc) is 3.26. The van der Waals surface area contributed by atoms with Crippen LogP contribution in [0, 0.1) is 5.92 Å². The van der Waals surface area contributed by atoms with Gasteiger partial charge in [0.2, 0.25) is 10.0 Å². The summed E-state index contributed by atoms with van der Waals surface area (Å²) in [5, 5.41) is 0.866. The highest BCUT2D eigenvalue weighted by atomic mass is 32.2. The molecule has 2 saturated heterocycles. The lowest BCUT2D eigenvalue weighted by Crippen LogP contribution is -2.46. The van der Waals surface area contributed by atoms with Gasteiger partial charge in [0, 0.05) is 20.1 Å². The summed E-state index contributed by atoms with van der Waals surface area (Å²) in [6.45, 7) is 3.22. The van der Waals surface area contributed by atoms with Crippen LogP contribution in [-0.4, -0.2) is 62.4 Å². The molecule has 2 aromatic rings. The van der Waals surface area contributed by atoms with Crippen LogP contribution in [0.4, 0.5) is 0 Å². The molecular weight excluding hydrogens is 456 g/mol. The van der Waals surface area contributed by atoms with Gasteiger partial charge in [-0.05, 0) is 43.0 Å². The zero-order valence-corrected chi connectivity index (χ0v) is 20.4. The second kappa shape index (κ2) is 10.9. The standard InChI is InChI=1S/C25H32N2O6S/c1-3-31-25(28)20-12-14-27(15-13-20)34(29,30)23-18-33-26(2)24(23)21-10-7-11-22(16-21)32-17-19-8-5-4-6-9-19/h4-11,16,20,23-24H,3,12-15,17-18H2,1-2H3/t23-,24-/m1/s1. The smallest absolute Gasteiger partial charge is 0.309 e. The summed E-state index contributed by atoms with van der Waals surface area (Å²) >= 11 is 0. The van der Waals surface area contributed by atoms with Crippen molar-refractivity contribution in [1.29, 1.82) is 0 Å². The van der Waals surface area contributed by atoms with E-state index in [0.29, 0.717) is 44.9 Å². The first kappa shape index (κ1) is 24.7. The number of rotatable bonds is 8. The third-order valence-corrected chi connectivity index (χ3v) is 8.69. The lowest BCUT2D eigenvalue weighted by molar-refractivity contribution is -0.149. The first-order chi connectivity index (χ1) is 16.4. The molecule has 4 rings (SSSR count). The Morgan fingerprint density at radius 2 is 1.82 bits per heavy atom. The molecule has 0 radical (unpaired) electrons. The molecule has 2 aliphatic rings. The number of hydroxylamine groups is 2. The number of nitrogens with zero attached hydrogens (tertiary/aromatic N) is 2. The van der Waals surface area contributed by atoms with E-state index in [2.05, 4.69) is 0 Å². The Kier molecular flexibility index (Phi) is 7.88. The Morgan fingerprint density at radius 1 is 1.09 bits per heavy atom. The van der Waals surface area contributed by atoms with Crippen molar-refractivity contribution in [1.82, 2.24) is 9.37 Å². The number of benzene rings is 2.